The summed E-state index contributed by atoms with van der Waals surface area (Å²) in [6.07, 6.45) is -14.2. The second-order valence-electron chi connectivity index (χ2n) is 4.27. The number of urea groups is 1. The van der Waals surface area contributed by atoms with Crippen LogP contribution in [-0.2, 0) is 4.79 Å². The van der Waals surface area contributed by atoms with Gasteiger partial charge in [0, 0.05) is 6.42 Å². The number of halogens is 6. The Morgan fingerprint density at radius 2 is 1.53 bits per heavy atom. The first-order chi connectivity index (χ1) is 8.23. The summed E-state index contributed by atoms with van der Waals surface area (Å²) < 4.78 is 74.6. The average molecular weight is 294 g/mol. The molecule has 0 bridgehead atoms. The van der Waals surface area contributed by atoms with Gasteiger partial charge in [-0.15, -0.1) is 0 Å². The summed E-state index contributed by atoms with van der Waals surface area (Å²) in [4.78, 5) is 22.0. The van der Waals surface area contributed by atoms with Crippen molar-refractivity contribution in [3.05, 3.63) is 0 Å². The van der Waals surface area contributed by atoms with Crippen molar-refractivity contribution >= 4 is 11.9 Å². The Bertz CT molecular complexity index is 404. The van der Waals surface area contributed by atoms with E-state index >= 15 is 0 Å². The summed E-state index contributed by atoms with van der Waals surface area (Å²) in [6.45, 7) is 0.648. The van der Waals surface area contributed by atoms with Gasteiger partial charge in [-0.3, -0.25) is 10.1 Å². The van der Waals surface area contributed by atoms with Crippen molar-refractivity contribution < 1.29 is 41.0 Å². The molecule has 0 saturated carbocycles. The molecule has 11 heteroatoms. The molecule has 1 atom stereocenters. The Kier molecular flexibility index (Phi) is 3.26. The van der Waals surface area contributed by atoms with E-state index in [-0.39, 0.29) is 0 Å². The first kappa shape index (κ1) is 15.5. The minimum Gasteiger partial charge on any atom is -0.374 e. The zero-order chi connectivity index (χ0) is 15.3. The van der Waals surface area contributed by atoms with Gasteiger partial charge >= 0.3 is 18.4 Å². The summed E-state index contributed by atoms with van der Waals surface area (Å²) in [6, 6.07) is -1.24. The lowest BCUT2D eigenvalue weighted by molar-refractivity contribution is -0.372. The zero-order valence-electron chi connectivity index (χ0n) is 9.24. The fraction of sp³-hybridized carbons (Fsp3) is 0.750. The molecule has 3 N–H and O–H groups in total. The zero-order valence-corrected chi connectivity index (χ0v) is 9.24. The van der Waals surface area contributed by atoms with Gasteiger partial charge in [0.2, 0.25) is 0 Å². The standard InChI is InChI=1S/C8H8F6N2O3/c1-5(3(17)15-4(18)16-5)2-6(19,7(9,10)11)8(12,13)14/h19H,2H2,1H3,(H2,15,16,17,18)/t5-/m1/s1. The van der Waals surface area contributed by atoms with Crippen molar-refractivity contribution in [2.24, 2.45) is 0 Å². The van der Waals surface area contributed by atoms with E-state index in [0.717, 1.165) is 0 Å². The van der Waals surface area contributed by atoms with Crippen LogP contribution in [-0.4, -0.2) is 40.5 Å². The minimum atomic E-state index is -6.05. The molecule has 3 amide bonds. The molecule has 0 unspecified atom stereocenters. The SMILES string of the molecule is C[C@]1(CC(O)(C(F)(F)F)C(F)(F)F)NC(=O)NC1=O. The average Bonchev–Trinajstić information content (AvgIpc) is 2.35. The number of rotatable bonds is 2. The van der Waals surface area contributed by atoms with Crippen LogP contribution in [0.1, 0.15) is 13.3 Å². The Hall–Kier alpha value is -1.52. The molecule has 110 valence electrons. The molecule has 1 rings (SSSR count). The van der Waals surface area contributed by atoms with E-state index < -0.39 is 41.9 Å². The lowest BCUT2D eigenvalue weighted by Gasteiger charge is -2.36. The van der Waals surface area contributed by atoms with E-state index in [9.17, 15) is 35.9 Å². The summed E-state index contributed by atoms with van der Waals surface area (Å²) >= 11 is 0. The Labute approximate surface area is 101 Å². The fourth-order valence-electron chi connectivity index (χ4n) is 1.58. The molecule has 0 aliphatic carbocycles. The fourth-order valence-corrected chi connectivity index (χ4v) is 1.58. The van der Waals surface area contributed by atoms with E-state index in [4.69, 9.17) is 5.11 Å². The van der Waals surface area contributed by atoms with Gasteiger partial charge in [-0.1, -0.05) is 0 Å². The van der Waals surface area contributed by atoms with Crippen molar-refractivity contribution in [1.29, 1.82) is 0 Å². The van der Waals surface area contributed by atoms with Crippen molar-refractivity contribution in [3.8, 4) is 0 Å². The van der Waals surface area contributed by atoms with Gasteiger partial charge in [-0.2, -0.15) is 26.3 Å². The van der Waals surface area contributed by atoms with Crippen LogP contribution in [0.5, 0.6) is 0 Å². The molecule has 1 heterocycles. The van der Waals surface area contributed by atoms with Crippen molar-refractivity contribution in [1.82, 2.24) is 10.6 Å². The predicted molar refractivity (Wildman–Crippen MR) is 46.8 cm³/mol. The molecule has 1 aliphatic heterocycles. The normalized spacial score (nSPS) is 25.3. The smallest absolute Gasteiger partial charge is 0.374 e. The number of hydrogen-bond acceptors (Lipinski definition) is 3. The number of carbonyl (C=O) groups excluding carboxylic acids is 2. The highest BCUT2D eigenvalue weighted by Crippen LogP contribution is 2.47. The largest absolute Gasteiger partial charge is 0.426 e. The van der Waals surface area contributed by atoms with Crippen LogP contribution in [0.2, 0.25) is 0 Å². The Morgan fingerprint density at radius 1 is 1.11 bits per heavy atom. The highest BCUT2D eigenvalue weighted by atomic mass is 19.4. The van der Waals surface area contributed by atoms with E-state index in [1.54, 1.807) is 5.32 Å². The summed E-state index contributed by atoms with van der Waals surface area (Å²) in [5, 5.41) is 12.1. The predicted octanol–water partition coefficient (Wildman–Crippen LogP) is 0.830. The maximum Gasteiger partial charge on any atom is 0.426 e. The summed E-state index contributed by atoms with van der Waals surface area (Å²) in [5.74, 6) is -1.38. The van der Waals surface area contributed by atoms with Crippen LogP contribution in [0.25, 0.3) is 0 Å². The first-order valence-corrected chi connectivity index (χ1v) is 4.72. The number of nitrogens with one attached hydrogen (secondary N) is 2. The third-order valence-corrected chi connectivity index (χ3v) is 2.66. The number of aliphatic hydroxyl groups is 1. The lowest BCUT2D eigenvalue weighted by Crippen LogP contribution is -2.63. The Morgan fingerprint density at radius 3 is 1.79 bits per heavy atom. The molecular weight excluding hydrogens is 286 g/mol. The van der Waals surface area contributed by atoms with E-state index in [1.165, 1.54) is 5.32 Å². The van der Waals surface area contributed by atoms with Gasteiger partial charge in [0.1, 0.15) is 5.54 Å². The molecule has 0 spiro atoms. The number of amides is 3. The molecule has 0 aromatic heterocycles. The number of hydrogen-bond donors (Lipinski definition) is 3. The van der Waals surface area contributed by atoms with E-state index in [1.807, 2.05) is 0 Å². The molecule has 0 aromatic rings. The van der Waals surface area contributed by atoms with Crippen LogP contribution < -0.4 is 10.6 Å². The van der Waals surface area contributed by atoms with Crippen LogP contribution in [0.15, 0.2) is 0 Å². The highest BCUT2D eigenvalue weighted by Gasteiger charge is 2.72. The van der Waals surface area contributed by atoms with Gasteiger partial charge < -0.3 is 10.4 Å². The number of carbonyl (C=O) groups is 2. The third-order valence-electron chi connectivity index (χ3n) is 2.66. The lowest BCUT2D eigenvalue weighted by atomic mass is 9.84. The minimum absolute atomic E-state index is 0.648. The molecule has 5 nitrogen and oxygen atoms in total. The van der Waals surface area contributed by atoms with Gasteiger partial charge in [0.05, 0.1) is 0 Å². The quantitative estimate of drug-likeness (QED) is 0.521. The molecular formula is C8H8F6N2O3. The Balaban J connectivity index is 3.18. The van der Waals surface area contributed by atoms with E-state index in [0.29, 0.717) is 6.92 Å². The topological polar surface area (TPSA) is 78.4 Å². The molecule has 1 aliphatic rings. The molecule has 1 fully saturated rings. The van der Waals surface area contributed by atoms with Gasteiger partial charge in [-0.25, -0.2) is 4.79 Å². The number of imide groups is 1. The van der Waals surface area contributed by atoms with Crippen LogP contribution in [0.3, 0.4) is 0 Å². The second-order valence-corrected chi connectivity index (χ2v) is 4.27. The molecule has 1 saturated heterocycles. The van der Waals surface area contributed by atoms with E-state index in [2.05, 4.69) is 0 Å². The molecule has 19 heavy (non-hydrogen) atoms. The van der Waals surface area contributed by atoms with Crippen molar-refractivity contribution in [2.75, 3.05) is 0 Å². The number of alkyl halides is 6. The van der Waals surface area contributed by atoms with Gasteiger partial charge in [-0.05, 0) is 6.92 Å². The monoisotopic (exact) mass is 294 g/mol. The summed E-state index contributed by atoms with van der Waals surface area (Å²) in [5.41, 5.74) is -7.62. The van der Waals surface area contributed by atoms with Crippen molar-refractivity contribution in [2.45, 2.75) is 36.8 Å². The summed E-state index contributed by atoms with van der Waals surface area (Å²) in [7, 11) is 0. The van der Waals surface area contributed by atoms with Crippen LogP contribution in [0.4, 0.5) is 31.1 Å². The second kappa shape index (κ2) is 3.99. The van der Waals surface area contributed by atoms with Crippen LogP contribution in [0, 0.1) is 0 Å². The van der Waals surface area contributed by atoms with Crippen molar-refractivity contribution in [3.63, 3.8) is 0 Å². The maximum absolute atomic E-state index is 12.4. The molecule has 0 aromatic carbocycles. The third kappa shape index (κ3) is 2.46. The van der Waals surface area contributed by atoms with Gasteiger partial charge in [0.15, 0.2) is 0 Å². The highest BCUT2D eigenvalue weighted by molar-refractivity contribution is 6.06. The maximum atomic E-state index is 12.4. The molecule has 0 radical (unpaired) electrons. The van der Waals surface area contributed by atoms with Crippen LogP contribution >= 0.6 is 0 Å². The van der Waals surface area contributed by atoms with Gasteiger partial charge in [0.25, 0.3) is 11.5 Å². The first-order valence-electron chi connectivity index (χ1n) is 4.72.